The van der Waals surface area contributed by atoms with Crippen molar-refractivity contribution in [1.29, 1.82) is 0 Å². The first-order valence-corrected chi connectivity index (χ1v) is 11.3. The van der Waals surface area contributed by atoms with Crippen LogP contribution in [0.25, 0.3) is 0 Å². The molecule has 0 bridgehead atoms. The highest BCUT2D eigenvalue weighted by Crippen LogP contribution is 2.19. The minimum atomic E-state index is -0.248. The number of aromatic nitrogens is 3. The minimum absolute atomic E-state index is 0.117. The number of hydrogen-bond donors (Lipinski definition) is 1. The van der Waals surface area contributed by atoms with E-state index in [1.165, 1.54) is 11.8 Å². The van der Waals surface area contributed by atoms with E-state index < -0.39 is 0 Å². The molecule has 1 saturated heterocycles. The van der Waals surface area contributed by atoms with E-state index in [0.29, 0.717) is 50.7 Å². The summed E-state index contributed by atoms with van der Waals surface area (Å²) in [7, 11) is 0. The molecule has 2 heterocycles. The van der Waals surface area contributed by atoms with Crippen LogP contribution in [0.3, 0.4) is 0 Å². The largest absolute Gasteiger partial charge is 0.466 e. The second kappa shape index (κ2) is 12.5. The van der Waals surface area contributed by atoms with Crippen molar-refractivity contribution in [3.63, 3.8) is 0 Å². The summed E-state index contributed by atoms with van der Waals surface area (Å²) in [6.07, 6.45) is 4.49. The molecule has 0 spiro atoms. The maximum absolute atomic E-state index is 12.2. The van der Waals surface area contributed by atoms with Crippen molar-refractivity contribution in [2.75, 3.05) is 25.4 Å². The second-order valence-electron chi connectivity index (χ2n) is 6.82. The highest BCUT2D eigenvalue weighted by atomic mass is 32.2. The summed E-state index contributed by atoms with van der Waals surface area (Å²) in [5.41, 5.74) is 0. The van der Waals surface area contributed by atoms with Crippen molar-refractivity contribution in [1.82, 2.24) is 25.0 Å². The van der Waals surface area contributed by atoms with Gasteiger partial charge in [0.05, 0.1) is 18.9 Å². The molecule has 9 nitrogen and oxygen atoms in total. The predicted octanol–water partition coefficient (Wildman–Crippen LogP) is 1.75. The Hall–Kier alpha value is -2.10. The number of likely N-dealkylation sites (tertiary alicyclic amines) is 1. The van der Waals surface area contributed by atoms with Crippen LogP contribution >= 0.6 is 11.8 Å². The molecule has 1 aromatic heterocycles. The molecule has 1 aliphatic rings. The van der Waals surface area contributed by atoms with Crippen LogP contribution in [0.1, 0.15) is 58.2 Å². The number of amides is 2. The molecule has 0 saturated carbocycles. The standard InChI is InChI=1S/C19H31N5O4S/c1-3-24-15(13-23-12-7-5-6-9-17(23)26)21-22-19(24)29-14-16(25)20-11-8-10-18(27)28-4-2/h3-14H2,1-2H3,(H,20,25). The van der Waals surface area contributed by atoms with E-state index in [1.807, 2.05) is 16.4 Å². The summed E-state index contributed by atoms with van der Waals surface area (Å²) < 4.78 is 6.81. The van der Waals surface area contributed by atoms with Gasteiger partial charge in [0.15, 0.2) is 11.0 Å². The van der Waals surface area contributed by atoms with Gasteiger partial charge in [-0.2, -0.15) is 0 Å². The van der Waals surface area contributed by atoms with Gasteiger partial charge in [-0.15, -0.1) is 10.2 Å². The molecule has 162 valence electrons. The summed E-state index contributed by atoms with van der Waals surface area (Å²) in [4.78, 5) is 37.4. The lowest BCUT2D eigenvalue weighted by atomic mass is 10.2. The molecule has 0 unspecified atom stereocenters. The zero-order chi connectivity index (χ0) is 21.1. The summed E-state index contributed by atoms with van der Waals surface area (Å²) in [6.45, 7) is 6.45. The Labute approximate surface area is 175 Å². The third-order valence-corrected chi connectivity index (χ3v) is 5.60. The monoisotopic (exact) mass is 425 g/mol. The lowest BCUT2D eigenvalue weighted by molar-refractivity contribution is -0.143. The Balaban J connectivity index is 1.79. The number of nitrogens with zero attached hydrogens (tertiary/aromatic N) is 4. The smallest absolute Gasteiger partial charge is 0.305 e. The van der Waals surface area contributed by atoms with E-state index in [1.54, 1.807) is 6.92 Å². The molecule has 0 aliphatic carbocycles. The van der Waals surface area contributed by atoms with Gasteiger partial charge in [0.25, 0.3) is 0 Å². The van der Waals surface area contributed by atoms with Crippen LogP contribution in [0.5, 0.6) is 0 Å². The Morgan fingerprint density at radius 2 is 2.03 bits per heavy atom. The second-order valence-corrected chi connectivity index (χ2v) is 7.76. The molecule has 10 heteroatoms. The Morgan fingerprint density at radius 1 is 1.21 bits per heavy atom. The average Bonchev–Trinajstić information content (AvgIpc) is 2.98. The summed E-state index contributed by atoms with van der Waals surface area (Å²) in [6, 6.07) is 0. The van der Waals surface area contributed by atoms with Crippen LogP contribution in [0.4, 0.5) is 0 Å². The van der Waals surface area contributed by atoms with Crippen molar-refractivity contribution < 1.29 is 19.1 Å². The van der Waals surface area contributed by atoms with Gasteiger partial charge in [-0.1, -0.05) is 18.2 Å². The van der Waals surface area contributed by atoms with Gasteiger partial charge in [0.2, 0.25) is 11.8 Å². The normalized spacial score (nSPS) is 14.6. The fraction of sp³-hybridized carbons (Fsp3) is 0.737. The van der Waals surface area contributed by atoms with Crippen molar-refractivity contribution in [3.8, 4) is 0 Å². The van der Waals surface area contributed by atoms with Gasteiger partial charge < -0.3 is 19.5 Å². The van der Waals surface area contributed by atoms with Gasteiger partial charge in [0, 0.05) is 32.5 Å². The number of carbonyl (C=O) groups excluding carboxylic acids is 3. The number of rotatable bonds is 11. The molecular weight excluding hydrogens is 394 g/mol. The third kappa shape index (κ3) is 7.68. The van der Waals surface area contributed by atoms with Crippen LogP contribution < -0.4 is 5.32 Å². The highest BCUT2D eigenvalue weighted by Gasteiger charge is 2.21. The summed E-state index contributed by atoms with van der Waals surface area (Å²) in [5.74, 6) is 0.779. The maximum Gasteiger partial charge on any atom is 0.305 e. The zero-order valence-electron chi connectivity index (χ0n) is 17.3. The molecule has 1 aromatic rings. The van der Waals surface area contributed by atoms with Gasteiger partial charge in [-0.05, 0) is 33.1 Å². The first-order chi connectivity index (χ1) is 14.0. The van der Waals surface area contributed by atoms with Gasteiger partial charge in [-0.3, -0.25) is 14.4 Å². The SMILES string of the molecule is CCOC(=O)CCCNC(=O)CSc1nnc(CN2CCCCCC2=O)n1CC. The molecular formula is C19H31N5O4S. The van der Waals surface area contributed by atoms with Crippen molar-refractivity contribution >= 4 is 29.5 Å². The predicted molar refractivity (Wildman–Crippen MR) is 109 cm³/mol. The molecule has 29 heavy (non-hydrogen) atoms. The van der Waals surface area contributed by atoms with Crippen LogP contribution in [-0.2, 0) is 32.2 Å². The van der Waals surface area contributed by atoms with Gasteiger partial charge in [0.1, 0.15) is 0 Å². The first kappa shape index (κ1) is 23.2. The first-order valence-electron chi connectivity index (χ1n) is 10.3. The van der Waals surface area contributed by atoms with Crippen molar-refractivity contribution in [3.05, 3.63) is 5.82 Å². The van der Waals surface area contributed by atoms with Gasteiger partial charge in [-0.25, -0.2) is 0 Å². The molecule has 1 aliphatic heterocycles. The summed E-state index contributed by atoms with van der Waals surface area (Å²) >= 11 is 1.32. The van der Waals surface area contributed by atoms with Crippen molar-refractivity contribution in [2.45, 2.75) is 70.6 Å². The zero-order valence-corrected chi connectivity index (χ0v) is 18.1. The van der Waals surface area contributed by atoms with E-state index in [4.69, 9.17) is 4.74 Å². The number of hydrogen-bond acceptors (Lipinski definition) is 7. The number of thioether (sulfide) groups is 1. The van der Waals surface area contributed by atoms with E-state index in [-0.39, 0.29) is 23.5 Å². The summed E-state index contributed by atoms with van der Waals surface area (Å²) in [5, 5.41) is 11.9. The van der Waals surface area contributed by atoms with Gasteiger partial charge >= 0.3 is 5.97 Å². The Kier molecular flexibility index (Phi) is 9.96. The lowest BCUT2D eigenvalue weighted by Gasteiger charge is -2.20. The van der Waals surface area contributed by atoms with E-state index in [0.717, 1.165) is 31.6 Å². The van der Waals surface area contributed by atoms with Crippen LogP contribution in [0, 0.1) is 0 Å². The molecule has 1 N–H and O–H groups in total. The van der Waals surface area contributed by atoms with E-state index >= 15 is 0 Å². The molecule has 1 fully saturated rings. The third-order valence-electron chi connectivity index (χ3n) is 4.63. The number of carbonyl (C=O) groups is 3. The molecule has 0 aromatic carbocycles. The molecule has 2 amide bonds. The molecule has 2 rings (SSSR count). The minimum Gasteiger partial charge on any atom is -0.466 e. The quantitative estimate of drug-likeness (QED) is 0.327. The number of esters is 1. The average molecular weight is 426 g/mol. The van der Waals surface area contributed by atoms with Crippen LogP contribution in [-0.4, -0.2) is 62.9 Å². The molecule has 0 radical (unpaired) electrons. The van der Waals surface area contributed by atoms with Crippen LogP contribution in [0.15, 0.2) is 5.16 Å². The Bertz CT molecular complexity index is 694. The number of ether oxygens (including phenoxy) is 1. The fourth-order valence-electron chi connectivity index (χ4n) is 3.11. The van der Waals surface area contributed by atoms with E-state index in [2.05, 4.69) is 15.5 Å². The highest BCUT2D eigenvalue weighted by molar-refractivity contribution is 7.99. The molecule has 0 atom stereocenters. The maximum atomic E-state index is 12.2. The lowest BCUT2D eigenvalue weighted by Crippen LogP contribution is -2.31. The number of nitrogens with one attached hydrogen (secondary N) is 1. The fourth-order valence-corrected chi connectivity index (χ4v) is 3.96. The Morgan fingerprint density at radius 3 is 2.79 bits per heavy atom. The topological polar surface area (TPSA) is 106 Å². The van der Waals surface area contributed by atoms with E-state index in [9.17, 15) is 14.4 Å². The van der Waals surface area contributed by atoms with Crippen molar-refractivity contribution in [2.24, 2.45) is 0 Å². The van der Waals surface area contributed by atoms with Crippen LogP contribution in [0.2, 0.25) is 0 Å².